The second kappa shape index (κ2) is 16.0. The van der Waals surface area contributed by atoms with Crippen molar-refractivity contribution in [3.05, 3.63) is 47.2 Å². The summed E-state index contributed by atoms with van der Waals surface area (Å²) in [6, 6.07) is 6.50. The molecule has 1 heterocycles. The molecule has 1 saturated heterocycles. The average molecular weight is 846 g/mol. The standard InChI is InChI=1S/C43H59NO16/c1-21-24(57-35(50)28(47)31(38(3,4)5)44-36(51)59-39(6,7)8)19-43(53)33(58-34(49)23-16-14-13-15-17-23)30-41(11,32(48)29(56-22(2)45)27(21)40(43,9)10)25(46)18-26-42(30,20-55-26)60-37(52)54-12/h13-17,21,24-26,28,30-31,33,46-47,53H,18-20H2,1-12H3,(H,44,51)/t21?,24-,25+,26-,28+,30?,31-,33+,41-,42+,43-/m1/s1. The molecule has 2 bridgehead atoms. The number of allylic oxidation sites excluding steroid dienone is 1. The van der Waals surface area contributed by atoms with Crippen molar-refractivity contribution in [3.8, 4) is 0 Å². The fourth-order valence-corrected chi connectivity index (χ4v) is 9.51. The van der Waals surface area contributed by atoms with Gasteiger partial charge in [0.05, 0.1) is 42.8 Å². The summed E-state index contributed by atoms with van der Waals surface area (Å²) in [4.78, 5) is 82.7. The molecule has 17 heteroatoms. The van der Waals surface area contributed by atoms with E-state index < -0.39 is 130 Å². The summed E-state index contributed by atoms with van der Waals surface area (Å²) < 4.78 is 40.2. The van der Waals surface area contributed by atoms with Crippen LogP contribution in [-0.2, 0) is 47.5 Å². The van der Waals surface area contributed by atoms with E-state index in [1.807, 2.05) is 0 Å². The minimum absolute atomic E-state index is 0.0226. The number of carbonyl (C=O) groups excluding carboxylic acids is 6. The van der Waals surface area contributed by atoms with Gasteiger partial charge in [0.25, 0.3) is 0 Å². The Morgan fingerprint density at radius 2 is 1.60 bits per heavy atom. The zero-order valence-electron chi connectivity index (χ0n) is 36.3. The molecule has 5 rings (SSSR count). The van der Waals surface area contributed by atoms with Gasteiger partial charge in [-0.25, -0.2) is 19.2 Å². The molecule has 2 unspecified atom stereocenters. The second-order valence-corrected chi connectivity index (χ2v) is 19.1. The number of benzene rings is 1. The van der Waals surface area contributed by atoms with Crippen LogP contribution in [0.25, 0.3) is 0 Å². The quantitative estimate of drug-likeness (QED) is 0.214. The van der Waals surface area contributed by atoms with Gasteiger partial charge in [-0.05, 0) is 50.8 Å². The molecule has 1 aliphatic heterocycles. The van der Waals surface area contributed by atoms with Crippen molar-refractivity contribution in [2.45, 2.75) is 142 Å². The van der Waals surface area contributed by atoms with E-state index >= 15 is 4.79 Å². The maximum Gasteiger partial charge on any atom is 0.508 e. The highest BCUT2D eigenvalue weighted by molar-refractivity contribution is 6.02. The Kier molecular flexibility index (Phi) is 12.4. The van der Waals surface area contributed by atoms with Crippen molar-refractivity contribution in [2.75, 3.05) is 13.7 Å². The van der Waals surface area contributed by atoms with E-state index in [1.165, 1.54) is 32.9 Å². The van der Waals surface area contributed by atoms with Crippen LogP contribution in [0.5, 0.6) is 0 Å². The molecular formula is C43H59NO16. The van der Waals surface area contributed by atoms with Crippen molar-refractivity contribution in [1.29, 1.82) is 0 Å². The van der Waals surface area contributed by atoms with Crippen LogP contribution in [0.4, 0.5) is 9.59 Å². The summed E-state index contributed by atoms with van der Waals surface area (Å²) in [6.07, 6.45) is -10.9. The number of fused-ring (bicyclic) bond motifs is 5. The molecule has 2 saturated carbocycles. The molecule has 0 spiro atoms. The van der Waals surface area contributed by atoms with Gasteiger partial charge in [0.1, 0.15) is 29.5 Å². The van der Waals surface area contributed by atoms with E-state index in [4.69, 9.17) is 33.2 Å². The summed E-state index contributed by atoms with van der Waals surface area (Å²) in [5.74, 6) is -7.32. The predicted octanol–water partition coefficient (Wildman–Crippen LogP) is 3.93. The first kappa shape index (κ1) is 46.5. The minimum atomic E-state index is -2.42. The third kappa shape index (κ3) is 8.00. The number of esters is 3. The summed E-state index contributed by atoms with van der Waals surface area (Å²) in [5.41, 5.74) is -9.96. The van der Waals surface area contributed by atoms with Crippen LogP contribution in [0.1, 0.15) is 99.4 Å². The van der Waals surface area contributed by atoms with Gasteiger partial charge in [-0.3, -0.25) is 9.59 Å². The number of hydrogen-bond donors (Lipinski definition) is 4. The number of alkyl carbamates (subject to hydrolysis) is 1. The fourth-order valence-electron chi connectivity index (χ4n) is 9.51. The normalized spacial score (nSPS) is 33.1. The molecule has 1 aromatic rings. The number of hydrogen-bond acceptors (Lipinski definition) is 16. The fraction of sp³-hybridized carbons (Fsp3) is 0.674. The average Bonchev–Trinajstić information content (AvgIpc) is 3.13. The molecule has 332 valence electrons. The number of ether oxygens (including phenoxy) is 7. The van der Waals surface area contributed by atoms with Crippen LogP contribution in [-0.4, -0.2) is 118 Å². The Bertz CT molecular complexity index is 1910. The van der Waals surface area contributed by atoms with Crippen molar-refractivity contribution in [2.24, 2.45) is 28.1 Å². The lowest BCUT2D eigenvalue weighted by molar-refractivity contribution is -0.343. The Morgan fingerprint density at radius 1 is 0.983 bits per heavy atom. The lowest BCUT2D eigenvalue weighted by Gasteiger charge is -2.67. The van der Waals surface area contributed by atoms with E-state index in [0.29, 0.717) is 0 Å². The number of amides is 1. The highest BCUT2D eigenvalue weighted by Gasteiger charge is 2.78. The molecule has 60 heavy (non-hydrogen) atoms. The van der Waals surface area contributed by atoms with Gasteiger partial charge in [-0.1, -0.05) is 59.7 Å². The predicted molar refractivity (Wildman–Crippen MR) is 209 cm³/mol. The minimum Gasteiger partial charge on any atom is -0.460 e. The van der Waals surface area contributed by atoms with E-state index in [-0.39, 0.29) is 24.2 Å². The van der Waals surface area contributed by atoms with E-state index in [1.54, 1.807) is 66.7 Å². The number of Topliss-reactive ketones (excluding diaryl/α,β-unsaturated/α-hetero) is 1. The summed E-state index contributed by atoms with van der Waals surface area (Å²) in [5, 5.41) is 39.8. The molecule has 3 fully saturated rings. The monoisotopic (exact) mass is 845 g/mol. The SMILES string of the molecule is COC(=O)O[C@@]12CO[C@@H]1C[C@H](O)[C@@]1(C)C(=O)C(OC(C)=O)=C3C(C)[C@H](OC(=O)[C@@H](O)[C@@H](NC(=O)OC(C)(C)C)C(C)(C)C)C[C@@](O)([C@@H](OC(=O)c4ccccc4)C12)C3(C)C. The highest BCUT2D eigenvalue weighted by Crippen LogP contribution is 2.65. The molecule has 0 aromatic heterocycles. The van der Waals surface area contributed by atoms with E-state index in [9.17, 15) is 39.3 Å². The highest BCUT2D eigenvalue weighted by atomic mass is 16.8. The summed E-state index contributed by atoms with van der Waals surface area (Å²) in [7, 11) is 1.06. The lowest BCUT2D eigenvalue weighted by atomic mass is 9.45. The van der Waals surface area contributed by atoms with Gasteiger partial charge in [0.2, 0.25) is 5.78 Å². The first-order valence-electron chi connectivity index (χ1n) is 20.0. The number of aliphatic hydroxyl groups excluding tert-OH is 2. The number of ketones is 1. The van der Waals surface area contributed by atoms with Crippen LogP contribution in [0, 0.1) is 28.1 Å². The first-order valence-corrected chi connectivity index (χ1v) is 20.0. The van der Waals surface area contributed by atoms with Gasteiger partial charge in [0, 0.05) is 31.1 Å². The second-order valence-electron chi connectivity index (χ2n) is 19.1. The Labute approximate surface area is 349 Å². The maximum atomic E-state index is 15.4. The zero-order chi connectivity index (χ0) is 45.1. The Hall–Kier alpha value is -4.58. The summed E-state index contributed by atoms with van der Waals surface area (Å²) in [6.45, 7) is 16.6. The third-order valence-electron chi connectivity index (χ3n) is 12.7. The van der Waals surface area contributed by atoms with E-state index in [2.05, 4.69) is 5.32 Å². The van der Waals surface area contributed by atoms with Crippen LogP contribution < -0.4 is 5.32 Å². The largest absolute Gasteiger partial charge is 0.508 e. The van der Waals surface area contributed by atoms with Crippen LogP contribution in [0.3, 0.4) is 0 Å². The third-order valence-corrected chi connectivity index (χ3v) is 12.7. The van der Waals surface area contributed by atoms with Gasteiger partial charge in [-0.2, -0.15) is 0 Å². The van der Waals surface area contributed by atoms with Crippen molar-refractivity contribution < 1.29 is 77.2 Å². The molecule has 17 nitrogen and oxygen atoms in total. The van der Waals surface area contributed by atoms with Crippen molar-refractivity contribution >= 4 is 35.9 Å². The lowest BCUT2D eigenvalue weighted by Crippen LogP contribution is -2.81. The smallest absolute Gasteiger partial charge is 0.460 e. The van der Waals surface area contributed by atoms with Gasteiger partial charge in [-0.15, -0.1) is 0 Å². The maximum absolute atomic E-state index is 15.4. The topological polar surface area (TPSA) is 240 Å². The molecule has 1 aromatic carbocycles. The Balaban J connectivity index is 1.74. The van der Waals surface area contributed by atoms with Gasteiger partial charge >= 0.3 is 30.2 Å². The van der Waals surface area contributed by atoms with Gasteiger partial charge < -0.3 is 53.8 Å². The van der Waals surface area contributed by atoms with Crippen LogP contribution in [0.15, 0.2) is 41.7 Å². The number of nitrogens with one attached hydrogen (secondary N) is 1. The summed E-state index contributed by atoms with van der Waals surface area (Å²) >= 11 is 0. The Morgan fingerprint density at radius 3 is 2.12 bits per heavy atom. The molecule has 11 atom stereocenters. The number of rotatable bonds is 8. The number of carbonyl (C=O) groups is 6. The van der Waals surface area contributed by atoms with Crippen LogP contribution in [0.2, 0.25) is 0 Å². The van der Waals surface area contributed by atoms with Crippen LogP contribution >= 0.6 is 0 Å². The molecule has 4 N–H and O–H groups in total. The molecule has 3 aliphatic carbocycles. The molecule has 1 amide bonds. The zero-order valence-corrected chi connectivity index (χ0v) is 36.3. The van der Waals surface area contributed by atoms with Crippen molar-refractivity contribution in [1.82, 2.24) is 5.32 Å². The molecular weight excluding hydrogens is 786 g/mol. The molecule has 0 radical (unpaired) electrons. The molecule has 4 aliphatic rings. The van der Waals surface area contributed by atoms with Gasteiger partial charge in [0.15, 0.2) is 17.5 Å². The van der Waals surface area contributed by atoms with Crippen molar-refractivity contribution in [3.63, 3.8) is 0 Å². The number of aliphatic hydroxyl groups is 3. The van der Waals surface area contributed by atoms with E-state index in [0.717, 1.165) is 14.0 Å². The number of methoxy groups -OCH3 is 1. The first-order chi connectivity index (χ1) is 27.6.